The van der Waals surface area contributed by atoms with Crippen LogP contribution in [0.5, 0.6) is 0 Å². The van der Waals surface area contributed by atoms with E-state index < -0.39 is 67.4 Å². The highest BCUT2D eigenvalue weighted by molar-refractivity contribution is 5.80. The van der Waals surface area contributed by atoms with E-state index >= 15 is 0 Å². The molecular weight excluding hydrogens is 895 g/mol. The van der Waals surface area contributed by atoms with E-state index in [1.807, 2.05) is 6.08 Å². The van der Waals surface area contributed by atoms with E-state index in [0.29, 0.717) is 12.8 Å². The van der Waals surface area contributed by atoms with E-state index in [1.165, 1.54) is 116 Å². The van der Waals surface area contributed by atoms with Crippen molar-refractivity contribution in [1.29, 1.82) is 0 Å². The third-order valence-corrected chi connectivity index (χ3v) is 13.7. The summed E-state index contributed by atoms with van der Waals surface area (Å²) in [7, 11) is 0. The standard InChI is InChI=1S/C60H109NO10/c1-4-7-10-13-16-19-22-25-27-28-29-32-35-38-41-44-47-53(64)59(68)61-51(52(63)46-43-40-37-34-31-24-21-18-15-12-9-6-3)50-69-60-58(57(67)56(66)54(49-62)70-60)71-55(65)48-45-42-39-36-33-30-26-23-20-17-14-11-8-5-2/h8,11,17,20,25,27,43,46,51-54,56-58,60,62-64,66-67H,4-7,9-10,12-16,18-19,21-24,26,28-42,44-45,47-50H2,1-3H3,(H,61,68)/b11-8+,20-17+,27-25+,46-43+. The highest BCUT2D eigenvalue weighted by Crippen LogP contribution is 2.26. The molecule has 0 aliphatic carbocycles. The molecule has 8 unspecified atom stereocenters. The zero-order valence-electron chi connectivity index (χ0n) is 45.6. The smallest absolute Gasteiger partial charge is 0.306 e. The minimum Gasteiger partial charge on any atom is -0.454 e. The molecule has 0 aromatic rings. The molecule has 0 spiro atoms. The maximum atomic E-state index is 13.4. The normalized spacial score (nSPS) is 19.9. The summed E-state index contributed by atoms with van der Waals surface area (Å²) in [5.74, 6) is -1.21. The van der Waals surface area contributed by atoms with E-state index in [9.17, 15) is 35.1 Å². The van der Waals surface area contributed by atoms with Crippen LogP contribution in [0.25, 0.3) is 0 Å². The van der Waals surface area contributed by atoms with E-state index in [2.05, 4.69) is 62.5 Å². The molecule has 414 valence electrons. The number of rotatable bonds is 49. The van der Waals surface area contributed by atoms with Gasteiger partial charge in [0.05, 0.1) is 25.4 Å². The van der Waals surface area contributed by atoms with E-state index in [0.717, 1.165) is 96.3 Å². The van der Waals surface area contributed by atoms with E-state index in [4.69, 9.17) is 14.2 Å². The molecule has 1 amide bonds. The van der Waals surface area contributed by atoms with E-state index in [-0.39, 0.29) is 19.4 Å². The van der Waals surface area contributed by atoms with Gasteiger partial charge in [0.15, 0.2) is 12.4 Å². The molecule has 8 atom stereocenters. The van der Waals surface area contributed by atoms with Gasteiger partial charge in [-0.05, 0) is 77.0 Å². The Bertz CT molecular complexity index is 1340. The van der Waals surface area contributed by atoms with Gasteiger partial charge in [0.1, 0.15) is 24.4 Å². The molecule has 0 radical (unpaired) electrons. The molecule has 1 aliphatic heterocycles. The van der Waals surface area contributed by atoms with Crippen LogP contribution in [0.4, 0.5) is 0 Å². The van der Waals surface area contributed by atoms with Crippen LogP contribution in [-0.2, 0) is 23.8 Å². The summed E-state index contributed by atoms with van der Waals surface area (Å²) in [6.45, 7) is 5.67. The Balaban J connectivity index is 2.72. The molecule has 1 saturated heterocycles. The summed E-state index contributed by atoms with van der Waals surface area (Å²) in [5.41, 5.74) is 0. The Morgan fingerprint density at radius 2 is 1.01 bits per heavy atom. The van der Waals surface area contributed by atoms with Crippen molar-refractivity contribution in [3.8, 4) is 0 Å². The molecule has 1 fully saturated rings. The second kappa shape index (κ2) is 48.6. The molecule has 0 aromatic heterocycles. The number of hydrogen-bond acceptors (Lipinski definition) is 10. The monoisotopic (exact) mass is 1000 g/mol. The van der Waals surface area contributed by atoms with Crippen LogP contribution in [0.2, 0.25) is 0 Å². The first-order valence-corrected chi connectivity index (χ1v) is 29.4. The first-order valence-electron chi connectivity index (χ1n) is 29.4. The SMILES string of the molecule is CC/C=C/C/C=C/CCCCCCCCCC(=O)OC1C(OCC(NC(=O)C(O)CCCCCCCC/C=C/CCCCCCCC)C(O)/C=C/CCCCCCCCCCCC)OC(CO)C(O)C1O. The summed E-state index contributed by atoms with van der Waals surface area (Å²) < 4.78 is 17.6. The molecule has 11 nitrogen and oxygen atoms in total. The Morgan fingerprint density at radius 1 is 0.563 bits per heavy atom. The highest BCUT2D eigenvalue weighted by atomic mass is 16.7. The van der Waals surface area contributed by atoms with Gasteiger partial charge in [-0.15, -0.1) is 0 Å². The van der Waals surface area contributed by atoms with Crippen LogP contribution >= 0.6 is 0 Å². The molecule has 1 aliphatic rings. The number of nitrogens with one attached hydrogen (secondary N) is 1. The van der Waals surface area contributed by atoms with Crippen molar-refractivity contribution in [1.82, 2.24) is 5.32 Å². The number of aliphatic hydroxyl groups excluding tert-OH is 5. The quantitative estimate of drug-likeness (QED) is 0.0195. The lowest BCUT2D eigenvalue weighted by Crippen LogP contribution is -2.61. The van der Waals surface area contributed by atoms with Gasteiger partial charge < -0.3 is 45.1 Å². The summed E-state index contributed by atoms with van der Waals surface area (Å²) in [4.78, 5) is 26.5. The summed E-state index contributed by atoms with van der Waals surface area (Å²) in [6.07, 6.45) is 47.2. The highest BCUT2D eigenvalue weighted by Gasteiger charge is 2.47. The average molecular weight is 1000 g/mol. The van der Waals surface area contributed by atoms with Crippen LogP contribution < -0.4 is 5.32 Å². The zero-order valence-corrected chi connectivity index (χ0v) is 45.6. The van der Waals surface area contributed by atoms with Crippen molar-refractivity contribution in [2.45, 2.75) is 307 Å². The maximum absolute atomic E-state index is 13.4. The number of hydrogen-bond donors (Lipinski definition) is 6. The van der Waals surface area contributed by atoms with Gasteiger partial charge in [0, 0.05) is 6.42 Å². The fourth-order valence-electron chi connectivity index (χ4n) is 9.04. The Hall–Kier alpha value is -2.38. The second-order valence-corrected chi connectivity index (χ2v) is 20.3. The lowest BCUT2D eigenvalue weighted by Gasteiger charge is -2.41. The Morgan fingerprint density at radius 3 is 1.52 bits per heavy atom. The number of amides is 1. The molecule has 0 aromatic carbocycles. The lowest BCUT2D eigenvalue weighted by molar-refractivity contribution is -0.305. The minimum atomic E-state index is -1.62. The largest absolute Gasteiger partial charge is 0.454 e. The lowest BCUT2D eigenvalue weighted by atomic mass is 9.99. The topological polar surface area (TPSA) is 175 Å². The fraction of sp³-hybridized carbons (Fsp3) is 0.833. The van der Waals surface area contributed by atoms with Crippen molar-refractivity contribution in [2.75, 3.05) is 13.2 Å². The van der Waals surface area contributed by atoms with Crippen LogP contribution in [0.1, 0.15) is 258 Å². The van der Waals surface area contributed by atoms with Gasteiger partial charge in [-0.25, -0.2) is 0 Å². The molecule has 1 rings (SSSR count). The third-order valence-electron chi connectivity index (χ3n) is 13.7. The van der Waals surface area contributed by atoms with Crippen molar-refractivity contribution < 1.29 is 49.3 Å². The van der Waals surface area contributed by atoms with Gasteiger partial charge in [-0.1, -0.05) is 223 Å². The van der Waals surface area contributed by atoms with Crippen LogP contribution in [0.3, 0.4) is 0 Å². The zero-order chi connectivity index (χ0) is 51.8. The second-order valence-electron chi connectivity index (χ2n) is 20.3. The van der Waals surface area contributed by atoms with Crippen molar-refractivity contribution >= 4 is 11.9 Å². The van der Waals surface area contributed by atoms with Crippen molar-refractivity contribution in [2.24, 2.45) is 0 Å². The molecule has 6 N–H and O–H groups in total. The van der Waals surface area contributed by atoms with Crippen LogP contribution in [0.15, 0.2) is 48.6 Å². The van der Waals surface area contributed by atoms with Gasteiger partial charge in [0.2, 0.25) is 5.91 Å². The molecule has 0 bridgehead atoms. The number of aliphatic hydroxyl groups is 5. The first kappa shape index (κ1) is 66.6. The number of unbranched alkanes of at least 4 members (excludes halogenated alkanes) is 29. The van der Waals surface area contributed by atoms with Crippen LogP contribution in [-0.4, -0.2) is 99.6 Å². The van der Waals surface area contributed by atoms with Gasteiger partial charge in [-0.2, -0.15) is 0 Å². The summed E-state index contributed by atoms with van der Waals surface area (Å²) in [5, 5.41) is 56.8. The average Bonchev–Trinajstić information content (AvgIpc) is 3.37. The maximum Gasteiger partial charge on any atom is 0.306 e. The van der Waals surface area contributed by atoms with Crippen molar-refractivity contribution in [3.05, 3.63) is 48.6 Å². The van der Waals surface area contributed by atoms with Crippen LogP contribution in [0, 0.1) is 0 Å². The summed E-state index contributed by atoms with van der Waals surface area (Å²) in [6, 6.07) is -1.03. The number of carbonyl (C=O) groups is 2. The van der Waals surface area contributed by atoms with Gasteiger partial charge >= 0.3 is 5.97 Å². The first-order chi connectivity index (χ1) is 34.7. The molecular formula is C60H109NO10. The number of allylic oxidation sites excluding steroid dienone is 7. The molecule has 0 saturated carbocycles. The minimum absolute atomic E-state index is 0.114. The predicted octanol–water partition coefficient (Wildman–Crippen LogP) is 13.3. The number of ether oxygens (including phenoxy) is 3. The van der Waals surface area contributed by atoms with E-state index in [1.54, 1.807) is 6.08 Å². The summed E-state index contributed by atoms with van der Waals surface area (Å²) >= 11 is 0. The molecule has 11 heteroatoms. The van der Waals surface area contributed by atoms with Gasteiger partial charge in [0.25, 0.3) is 0 Å². The Labute approximate surface area is 434 Å². The Kier molecular flexibility index (Phi) is 45.6. The van der Waals surface area contributed by atoms with Gasteiger partial charge in [-0.3, -0.25) is 9.59 Å². The molecule has 1 heterocycles. The predicted molar refractivity (Wildman–Crippen MR) is 292 cm³/mol. The number of carbonyl (C=O) groups excluding carboxylic acids is 2. The third kappa shape index (κ3) is 37.1. The van der Waals surface area contributed by atoms with Crippen molar-refractivity contribution in [3.63, 3.8) is 0 Å². The fourth-order valence-corrected chi connectivity index (χ4v) is 9.04. The number of esters is 1. The molecule has 71 heavy (non-hydrogen) atoms.